The molecule has 0 spiro atoms. The average molecular weight is 1290 g/mol. The first-order chi connectivity index (χ1) is 47.4. The lowest BCUT2D eigenvalue weighted by atomic mass is 9.96. The minimum absolute atomic E-state index is 0.367. The summed E-state index contributed by atoms with van der Waals surface area (Å²) in [5.74, 6) is 6.50. The Morgan fingerprint density at radius 3 is 0.812 bits per heavy atom. The third-order valence-corrected chi connectivity index (χ3v) is 18.2. The molecule has 15 nitrogen and oxygen atoms in total. The van der Waals surface area contributed by atoms with Crippen molar-refractivity contribution in [2.24, 2.45) is 0 Å². The number of hydrogen-bond acceptors (Lipinski definition) is 13. The summed E-state index contributed by atoms with van der Waals surface area (Å²) in [6.07, 6.45) is 14.1. The van der Waals surface area contributed by atoms with Gasteiger partial charge in [0.15, 0.2) is 17.5 Å². The molecule has 0 unspecified atom stereocenters. The lowest BCUT2D eigenvalue weighted by Gasteiger charge is -2.19. The highest BCUT2D eigenvalue weighted by Crippen LogP contribution is 2.57. The Labute approximate surface area is 562 Å². The van der Waals surface area contributed by atoms with Crippen molar-refractivity contribution in [1.82, 2.24) is 34.9 Å². The molecule has 0 radical (unpaired) electrons. The van der Waals surface area contributed by atoms with Gasteiger partial charge in [-0.15, -0.1) is 0 Å². The highest BCUT2D eigenvalue weighted by molar-refractivity contribution is 6.23. The van der Waals surface area contributed by atoms with Crippen molar-refractivity contribution in [2.75, 3.05) is 52.9 Å². The minimum Gasteiger partial charge on any atom is -0.492 e. The summed E-state index contributed by atoms with van der Waals surface area (Å²) in [6, 6.07) is 35.6. The second-order valence-corrected chi connectivity index (χ2v) is 25.2. The quantitative estimate of drug-likeness (QED) is 0.0382. The maximum Gasteiger partial charge on any atom is 0.168 e. The summed E-state index contributed by atoms with van der Waals surface area (Å²) < 4.78 is 57.4. The van der Waals surface area contributed by atoms with Crippen LogP contribution in [0, 0.1) is 0 Å². The zero-order valence-corrected chi connectivity index (χ0v) is 57.3. The number of aromatic nitrogens is 7. The highest BCUT2D eigenvalue weighted by Gasteiger charge is 2.35. The normalized spacial score (nSPS) is 11.9. The molecule has 0 atom stereocenters. The van der Waals surface area contributed by atoms with Gasteiger partial charge in [0.2, 0.25) is 0 Å². The summed E-state index contributed by atoms with van der Waals surface area (Å²) in [5, 5.41) is 10.1. The molecule has 0 saturated carbocycles. The van der Waals surface area contributed by atoms with E-state index in [9.17, 15) is 0 Å². The van der Waals surface area contributed by atoms with Crippen LogP contribution in [0.5, 0.6) is 46.0 Å². The van der Waals surface area contributed by atoms with Crippen molar-refractivity contribution in [3.63, 3.8) is 0 Å². The predicted octanol–water partition coefficient (Wildman–Crippen LogP) is 21.5. The van der Waals surface area contributed by atoms with E-state index in [0.717, 1.165) is 162 Å². The molecular formula is C81H91N7O8. The van der Waals surface area contributed by atoms with Gasteiger partial charge in [-0.2, -0.15) is 0 Å². The summed E-state index contributed by atoms with van der Waals surface area (Å²) in [6.45, 7) is 21.2. The molecule has 3 aromatic heterocycles. The molecule has 0 aliphatic carbocycles. The van der Waals surface area contributed by atoms with Crippen LogP contribution in [0.3, 0.4) is 0 Å². The van der Waals surface area contributed by atoms with Crippen LogP contribution < -0.4 is 37.9 Å². The van der Waals surface area contributed by atoms with Gasteiger partial charge in [-0.25, -0.2) is 24.9 Å². The van der Waals surface area contributed by atoms with E-state index < -0.39 is 0 Å². The van der Waals surface area contributed by atoms with Gasteiger partial charge in [-0.3, -0.25) is 0 Å². The van der Waals surface area contributed by atoms with Crippen molar-refractivity contribution in [3.05, 3.63) is 103 Å². The van der Waals surface area contributed by atoms with Crippen molar-refractivity contribution in [1.29, 1.82) is 0 Å². The molecule has 0 amide bonds. The number of benzene rings is 8. The van der Waals surface area contributed by atoms with E-state index in [4.69, 9.17) is 62.8 Å². The predicted molar refractivity (Wildman–Crippen MR) is 392 cm³/mol. The molecule has 2 aliphatic heterocycles. The van der Waals surface area contributed by atoms with Gasteiger partial charge in [0.25, 0.3) is 0 Å². The fourth-order valence-electron chi connectivity index (χ4n) is 13.2. The lowest BCUT2D eigenvalue weighted by molar-refractivity contribution is 0.308. The van der Waals surface area contributed by atoms with Crippen molar-refractivity contribution >= 4 is 87.1 Å². The van der Waals surface area contributed by atoms with Gasteiger partial charge >= 0.3 is 0 Å². The molecule has 5 heterocycles. The van der Waals surface area contributed by atoms with Crippen molar-refractivity contribution in [2.45, 2.75) is 158 Å². The van der Waals surface area contributed by atoms with Gasteiger partial charge in [0.1, 0.15) is 62.9 Å². The molecule has 96 heavy (non-hydrogen) atoms. The maximum absolute atomic E-state index is 7.19. The van der Waals surface area contributed by atoms with Crippen LogP contribution in [0.1, 0.15) is 158 Å². The standard InChI is InChI=1S/C81H91N7O8/c1-9-17-41-89-68-50-33-25-27-35-52(50)70(91-43-19-11-3)62-60(68)58-49-59-61-63(71(92-44-20-12-4)53-36-28-26-34-51(53)69(61)90-42-18-10-2)77(83-59)85-79-65-67(75(96-48-24-16-8)57-40-32-30-38-55(57)73(65)94-46-22-14-6)81(87-79)88-80-66-64(78(86-80)84-76(62)82-58)72(93-45-21-13-5)54-37-29-31-39-56(54)74(66)95-47-23-15-7/h25-40,49H,9-24,41-48H2,1-8H3,(H2,82,83,84,85,86,87,88). The largest absolute Gasteiger partial charge is 0.492 e. The number of aromatic amines is 2. The average Bonchev–Trinajstić information content (AvgIpc) is 1.56. The SMILES string of the molecule is CCCCOc1c2c(c(OCCCC)c3ccccc13)-c1nc-2cc2[nH]c(nc3nc(nc4[nH]c(n1)c1c(OCCCC)c5ccccc5c(OCCCC)c41)-c1c-3c(OCCCC)c3ccccc3c1OCCCC)c1c(OCCCC)c3ccccc3c(OCCCC)c21. The second kappa shape index (κ2) is 30.1. The van der Waals surface area contributed by atoms with Crippen LogP contribution in [-0.4, -0.2) is 87.7 Å². The number of fused-ring (bicyclic) bond motifs is 24. The van der Waals surface area contributed by atoms with E-state index in [1.54, 1.807) is 0 Å². The molecule has 11 aromatic rings. The Kier molecular flexibility index (Phi) is 20.5. The zero-order chi connectivity index (χ0) is 66.1. The number of nitrogens with zero attached hydrogens (tertiary/aromatic N) is 5. The van der Waals surface area contributed by atoms with Crippen LogP contribution >= 0.6 is 0 Å². The lowest BCUT2D eigenvalue weighted by Crippen LogP contribution is -2.04. The van der Waals surface area contributed by atoms with Crippen molar-refractivity contribution < 1.29 is 37.9 Å². The molecule has 15 heteroatoms. The third-order valence-electron chi connectivity index (χ3n) is 18.2. The van der Waals surface area contributed by atoms with Crippen molar-refractivity contribution in [3.8, 4) is 91.4 Å². The fourth-order valence-corrected chi connectivity index (χ4v) is 13.2. The Balaban J connectivity index is 1.32. The van der Waals surface area contributed by atoms with Gasteiger partial charge in [-0.05, 0) is 57.4 Å². The van der Waals surface area contributed by atoms with Crippen LogP contribution in [0.4, 0.5) is 0 Å². The minimum atomic E-state index is 0.367. The molecule has 13 rings (SSSR count). The Bertz CT molecular complexity index is 4230. The number of hydrogen-bond donors (Lipinski definition) is 2. The van der Waals surface area contributed by atoms with Crippen LogP contribution in [-0.2, 0) is 0 Å². The molecule has 2 N–H and O–H groups in total. The summed E-state index contributed by atoms with van der Waals surface area (Å²) in [4.78, 5) is 37.0. The fraction of sp³-hybridized carbons (Fsp3) is 0.395. The molecule has 2 aliphatic rings. The van der Waals surface area contributed by atoms with Crippen LogP contribution in [0.2, 0.25) is 0 Å². The molecular weight excluding hydrogens is 1200 g/mol. The molecule has 8 aromatic carbocycles. The Hall–Kier alpha value is -9.37. The maximum atomic E-state index is 7.19. The first kappa shape index (κ1) is 65.3. The van der Waals surface area contributed by atoms with E-state index in [2.05, 4.69) is 168 Å². The monoisotopic (exact) mass is 1290 g/mol. The number of H-pyrrole nitrogens is 2. The van der Waals surface area contributed by atoms with E-state index in [-0.39, 0.29) is 0 Å². The number of unbranched alkanes of at least 4 members (excludes halogenated alkanes) is 8. The number of rotatable bonds is 32. The van der Waals surface area contributed by atoms with Crippen LogP contribution in [0.25, 0.3) is 133 Å². The van der Waals surface area contributed by atoms with E-state index >= 15 is 0 Å². The van der Waals surface area contributed by atoms with Gasteiger partial charge in [0.05, 0.1) is 108 Å². The van der Waals surface area contributed by atoms with E-state index in [0.29, 0.717) is 172 Å². The third kappa shape index (κ3) is 12.4. The van der Waals surface area contributed by atoms with E-state index in [1.165, 1.54) is 0 Å². The van der Waals surface area contributed by atoms with Gasteiger partial charge < -0.3 is 47.9 Å². The highest BCUT2D eigenvalue weighted by atomic mass is 16.5. The van der Waals surface area contributed by atoms with E-state index in [1.807, 2.05) is 0 Å². The topological polar surface area (TPSA) is 170 Å². The zero-order valence-electron chi connectivity index (χ0n) is 57.3. The number of nitrogens with one attached hydrogen (secondary N) is 2. The molecule has 8 bridgehead atoms. The summed E-state index contributed by atoms with van der Waals surface area (Å²) >= 11 is 0. The molecule has 0 fully saturated rings. The number of ether oxygens (including phenoxy) is 8. The molecule has 498 valence electrons. The smallest absolute Gasteiger partial charge is 0.168 e. The van der Waals surface area contributed by atoms with Gasteiger partial charge in [-0.1, -0.05) is 204 Å². The first-order valence-corrected chi connectivity index (χ1v) is 35.7. The Morgan fingerprint density at radius 2 is 0.500 bits per heavy atom. The van der Waals surface area contributed by atoms with Gasteiger partial charge in [0, 0.05) is 43.1 Å². The summed E-state index contributed by atoms with van der Waals surface area (Å²) in [7, 11) is 0. The Morgan fingerprint density at radius 1 is 0.260 bits per heavy atom. The first-order valence-electron chi connectivity index (χ1n) is 35.7. The summed E-state index contributed by atoms with van der Waals surface area (Å²) in [5.41, 5.74) is 5.51. The molecule has 0 saturated heterocycles. The van der Waals surface area contributed by atoms with Crippen LogP contribution in [0.15, 0.2) is 103 Å². The second-order valence-electron chi connectivity index (χ2n) is 25.2.